The summed E-state index contributed by atoms with van der Waals surface area (Å²) in [7, 11) is 3.25. The molecule has 0 radical (unpaired) electrons. The van der Waals surface area contributed by atoms with E-state index in [1.54, 1.807) is 31.4 Å². The molecule has 7 heteroatoms. The van der Waals surface area contributed by atoms with E-state index in [1.807, 2.05) is 53.9 Å². The third kappa shape index (κ3) is 4.36. The van der Waals surface area contributed by atoms with Crippen molar-refractivity contribution in [2.75, 3.05) is 14.2 Å². The molecule has 0 saturated carbocycles. The largest absolute Gasteiger partial charge is 0.497 e. The lowest BCUT2D eigenvalue weighted by Gasteiger charge is -2.07. The maximum Gasteiger partial charge on any atom is 0.206 e. The molecule has 30 heavy (non-hydrogen) atoms. The number of furan rings is 1. The summed E-state index contributed by atoms with van der Waals surface area (Å²) in [6.45, 7) is 0.570. The van der Waals surface area contributed by atoms with Crippen molar-refractivity contribution in [1.29, 1.82) is 0 Å². The number of nitrogens with zero attached hydrogens (tertiary/aromatic N) is 3. The molecule has 0 aliphatic carbocycles. The average Bonchev–Trinajstić information content (AvgIpc) is 3.46. The summed E-state index contributed by atoms with van der Waals surface area (Å²) < 4.78 is 18.1. The highest BCUT2D eigenvalue weighted by Crippen LogP contribution is 2.24. The second-order valence-electron chi connectivity index (χ2n) is 6.35. The van der Waals surface area contributed by atoms with Crippen LogP contribution in [0.3, 0.4) is 0 Å². The maximum absolute atomic E-state index is 5.59. The molecule has 0 bridgehead atoms. The highest BCUT2D eigenvalue weighted by Gasteiger charge is 2.10. The molecular weight excluding hydrogens is 398 g/mol. The number of aromatic nitrogens is 1. The molecule has 0 spiro atoms. The van der Waals surface area contributed by atoms with Crippen LogP contribution in [0.2, 0.25) is 0 Å². The number of methoxy groups -OCH3 is 2. The van der Waals surface area contributed by atoms with E-state index in [9.17, 15) is 0 Å². The fraction of sp³-hybridized carbons (Fsp3) is 0.130. The van der Waals surface area contributed by atoms with Crippen LogP contribution in [-0.2, 0) is 6.54 Å². The van der Waals surface area contributed by atoms with E-state index >= 15 is 0 Å². The number of hydrogen-bond acceptors (Lipinski definition) is 6. The Morgan fingerprint density at radius 1 is 1.03 bits per heavy atom. The summed E-state index contributed by atoms with van der Waals surface area (Å²) in [5, 5.41) is 6.69. The van der Waals surface area contributed by atoms with Crippen LogP contribution in [-0.4, -0.2) is 25.1 Å². The van der Waals surface area contributed by atoms with Crippen molar-refractivity contribution in [3.63, 3.8) is 0 Å². The topological polar surface area (TPSA) is 61.2 Å². The maximum atomic E-state index is 5.59. The average molecular weight is 420 g/mol. The van der Waals surface area contributed by atoms with Crippen LogP contribution in [0.1, 0.15) is 11.1 Å². The van der Waals surface area contributed by atoms with Crippen LogP contribution in [0.4, 0.5) is 0 Å². The van der Waals surface area contributed by atoms with E-state index in [2.05, 4.69) is 12.1 Å². The van der Waals surface area contributed by atoms with E-state index in [-0.39, 0.29) is 0 Å². The van der Waals surface area contributed by atoms with Gasteiger partial charge in [0, 0.05) is 17.0 Å². The van der Waals surface area contributed by atoms with Gasteiger partial charge in [-0.2, -0.15) is 5.10 Å². The van der Waals surface area contributed by atoms with Crippen molar-refractivity contribution in [3.05, 3.63) is 88.2 Å². The molecular formula is C23H21N3O3S. The van der Waals surface area contributed by atoms with Gasteiger partial charge in [-0.15, -0.1) is 11.3 Å². The predicted molar refractivity (Wildman–Crippen MR) is 118 cm³/mol. The molecule has 2 heterocycles. The van der Waals surface area contributed by atoms with Crippen LogP contribution < -0.4 is 14.3 Å². The van der Waals surface area contributed by atoms with Gasteiger partial charge in [0.15, 0.2) is 5.76 Å². The van der Waals surface area contributed by atoms with Gasteiger partial charge in [0.1, 0.15) is 17.2 Å². The summed E-state index contributed by atoms with van der Waals surface area (Å²) in [5.41, 5.74) is 2.80. The Kier molecular flexibility index (Phi) is 6.10. The second kappa shape index (κ2) is 9.28. The van der Waals surface area contributed by atoms with E-state index < -0.39 is 0 Å². The van der Waals surface area contributed by atoms with E-state index in [4.69, 9.17) is 24.0 Å². The van der Waals surface area contributed by atoms with E-state index in [1.165, 1.54) is 11.3 Å². The van der Waals surface area contributed by atoms with Crippen LogP contribution >= 0.6 is 11.3 Å². The number of rotatable bonds is 7. The predicted octanol–water partition coefficient (Wildman–Crippen LogP) is 4.81. The van der Waals surface area contributed by atoms with Gasteiger partial charge in [0.25, 0.3) is 0 Å². The number of benzene rings is 2. The SMILES string of the molecule is COc1ccc(C=Nn2c(-c3ccco3)csc2=NCc2ccccc2)c(OC)c1. The molecule has 0 amide bonds. The number of ether oxygens (including phenoxy) is 2. The smallest absolute Gasteiger partial charge is 0.206 e. The Morgan fingerprint density at radius 2 is 1.90 bits per heavy atom. The monoisotopic (exact) mass is 419 g/mol. The lowest BCUT2D eigenvalue weighted by Crippen LogP contribution is -2.12. The Hall–Kier alpha value is -3.58. The third-order valence-electron chi connectivity index (χ3n) is 4.45. The summed E-state index contributed by atoms with van der Waals surface area (Å²) in [5.74, 6) is 2.13. The van der Waals surface area contributed by atoms with E-state index in [0.29, 0.717) is 12.3 Å². The molecule has 0 aliphatic rings. The van der Waals surface area contributed by atoms with Crippen molar-refractivity contribution in [2.24, 2.45) is 10.1 Å². The van der Waals surface area contributed by atoms with Gasteiger partial charge in [-0.25, -0.2) is 4.68 Å². The Labute approximate surface area is 178 Å². The lowest BCUT2D eigenvalue weighted by molar-refractivity contribution is 0.394. The standard InChI is InChI=1S/C23H21N3O3S/c1-27-19-11-10-18(22(13-19)28-2)15-25-26-20(21-9-6-12-29-21)16-30-23(26)24-14-17-7-4-3-5-8-17/h3-13,15-16H,14H2,1-2H3. The van der Waals surface area contributed by atoms with Crippen LogP contribution in [0.15, 0.2) is 86.8 Å². The first-order valence-corrected chi connectivity index (χ1v) is 10.2. The minimum absolute atomic E-state index is 0.570. The molecule has 0 saturated heterocycles. The first-order chi connectivity index (χ1) is 14.8. The fourth-order valence-corrected chi connectivity index (χ4v) is 3.72. The molecule has 2 aromatic heterocycles. The number of hydrogen-bond donors (Lipinski definition) is 0. The molecule has 0 atom stereocenters. The minimum atomic E-state index is 0.570. The highest BCUT2D eigenvalue weighted by molar-refractivity contribution is 7.07. The molecule has 0 aliphatic heterocycles. The number of thiazole rings is 1. The van der Waals surface area contributed by atoms with Gasteiger partial charge in [0.2, 0.25) is 4.80 Å². The van der Waals surface area contributed by atoms with Crippen molar-refractivity contribution in [1.82, 2.24) is 4.68 Å². The van der Waals surface area contributed by atoms with Crippen molar-refractivity contribution < 1.29 is 13.9 Å². The second-order valence-corrected chi connectivity index (χ2v) is 7.18. The van der Waals surface area contributed by atoms with Crippen LogP contribution in [0.5, 0.6) is 11.5 Å². The molecule has 6 nitrogen and oxygen atoms in total. The van der Waals surface area contributed by atoms with Gasteiger partial charge < -0.3 is 13.9 Å². The minimum Gasteiger partial charge on any atom is -0.497 e. The molecule has 4 rings (SSSR count). The van der Waals surface area contributed by atoms with Crippen molar-refractivity contribution >= 4 is 17.6 Å². The Balaban J connectivity index is 1.74. The van der Waals surface area contributed by atoms with Gasteiger partial charge in [-0.1, -0.05) is 30.3 Å². The van der Waals surface area contributed by atoms with E-state index in [0.717, 1.165) is 33.1 Å². The molecule has 152 valence electrons. The fourth-order valence-electron chi connectivity index (χ4n) is 2.90. The Morgan fingerprint density at radius 3 is 2.63 bits per heavy atom. The van der Waals surface area contributed by atoms with Crippen molar-refractivity contribution in [3.8, 4) is 23.0 Å². The quantitative estimate of drug-likeness (QED) is 0.404. The first kappa shape index (κ1) is 19.7. The first-order valence-electron chi connectivity index (χ1n) is 9.33. The normalized spacial score (nSPS) is 11.9. The van der Waals surface area contributed by atoms with Crippen LogP contribution in [0, 0.1) is 0 Å². The van der Waals surface area contributed by atoms with Crippen molar-refractivity contribution in [2.45, 2.75) is 6.54 Å². The van der Waals surface area contributed by atoms with Gasteiger partial charge >= 0.3 is 0 Å². The molecule has 0 unspecified atom stereocenters. The summed E-state index contributed by atoms with van der Waals surface area (Å²) in [6.07, 6.45) is 3.40. The Bertz CT molecular complexity index is 1190. The molecule has 2 aromatic carbocycles. The summed E-state index contributed by atoms with van der Waals surface area (Å²) in [4.78, 5) is 5.54. The highest BCUT2D eigenvalue weighted by atomic mass is 32.1. The zero-order chi connectivity index (χ0) is 20.8. The molecule has 4 aromatic rings. The molecule has 0 N–H and O–H groups in total. The van der Waals surface area contributed by atoms with Gasteiger partial charge in [-0.05, 0) is 29.8 Å². The van der Waals surface area contributed by atoms with Crippen LogP contribution in [0.25, 0.3) is 11.5 Å². The lowest BCUT2D eigenvalue weighted by atomic mass is 10.2. The molecule has 0 fully saturated rings. The zero-order valence-corrected chi connectivity index (χ0v) is 17.5. The zero-order valence-electron chi connectivity index (χ0n) is 16.7. The summed E-state index contributed by atoms with van der Waals surface area (Å²) in [6, 6.07) is 19.5. The van der Waals surface area contributed by atoms with Gasteiger partial charge in [-0.3, -0.25) is 4.99 Å². The summed E-state index contributed by atoms with van der Waals surface area (Å²) >= 11 is 1.52. The van der Waals surface area contributed by atoms with Gasteiger partial charge in [0.05, 0.1) is 33.2 Å². The third-order valence-corrected chi connectivity index (χ3v) is 5.31.